The van der Waals surface area contributed by atoms with E-state index in [2.05, 4.69) is 12.8 Å². The maximum Gasteiger partial charge on any atom is 0.307 e. The van der Waals surface area contributed by atoms with Crippen LogP contribution in [0, 0.1) is 12.8 Å². The second-order valence-corrected chi connectivity index (χ2v) is 4.58. The first-order valence-electron chi connectivity index (χ1n) is 6.54. The van der Waals surface area contributed by atoms with E-state index in [-0.39, 0.29) is 6.42 Å². The van der Waals surface area contributed by atoms with Gasteiger partial charge in [0.05, 0.1) is 6.42 Å². The number of aliphatic carboxylic acids is 1. The van der Waals surface area contributed by atoms with Crippen molar-refractivity contribution in [2.45, 2.75) is 44.7 Å². The van der Waals surface area contributed by atoms with Gasteiger partial charge in [-0.3, -0.25) is 4.79 Å². The van der Waals surface area contributed by atoms with E-state index in [9.17, 15) is 4.79 Å². The van der Waals surface area contributed by atoms with Crippen LogP contribution in [0.1, 0.15) is 32.6 Å². The summed E-state index contributed by atoms with van der Waals surface area (Å²) in [5.74, 6) is -0.806. The number of allylic oxidation sites excluding steroid dienone is 2. The highest BCUT2D eigenvalue weighted by Gasteiger charge is 2.16. The highest BCUT2D eigenvalue weighted by Crippen LogP contribution is 2.13. The fourth-order valence-electron chi connectivity index (χ4n) is 1.66. The molecule has 5 heteroatoms. The number of hydrogen-bond acceptors (Lipinski definition) is 4. The third-order valence-corrected chi connectivity index (χ3v) is 2.60. The Kier molecular flexibility index (Phi) is 14.3. The molecule has 0 aromatic rings. The first-order chi connectivity index (χ1) is 9.45. The van der Waals surface area contributed by atoms with Crippen LogP contribution in [0.2, 0.25) is 0 Å². The standard InChI is InChI=1S/C8H13NO2.C5H12N2.C2H2/c1-7(6-8(10)11)4-2-3-5-9;6-4-1-2-5(7)3-4;1-2/h2-4H,5-6,9H2,1H3,(H,10,11);4-5H,1-3,6-7H2;1-2H/b3-2-,7-4+;;/t;4-,5+;. The van der Waals surface area contributed by atoms with E-state index in [0.29, 0.717) is 18.6 Å². The second kappa shape index (κ2) is 13.8. The van der Waals surface area contributed by atoms with Gasteiger partial charge in [0.15, 0.2) is 0 Å². The Morgan fingerprint density at radius 1 is 1.30 bits per heavy atom. The van der Waals surface area contributed by atoms with E-state index in [4.69, 9.17) is 22.3 Å². The van der Waals surface area contributed by atoms with Crippen molar-refractivity contribution in [1.82, 2.24) is 0 Å². The lowest BCUT2D eigenvalue weighted by Crippen LogP contribution is -2.20. The Hall–Kier alpha value is -1.61. The van der Waals surface area contributed by atoms with Crippen molar-refractivity contribution >= 4 is 5.97 Å². The number of carboxylic acid groups (broad SMARTS) is 1. The van der Waals surface area contributed by atoms with Crippen molar-refractivity contribution in [3.63, 3.8) is 0 Å². The number of terminal acetylenes is 1. The summed E-state index contributed by atoms with van der Waals surface area (Å²) in [4.78, 5) is 10.2. The largest absolute Gasteiger partial charge is 0.481 e. The molecule has 1 fully saturated rings. The average Bonchev–Trinajstić information content (AvgIpc) is 2.76. The average molecular weight is 281 g/mol. The molecule has 1 aliphatic rings. The zero-order valence-corrected chi connectivity index (χ0v) is 12.2. The summed E-state index contributed by atoms with van der Waals surface area (Å²) in [6.07, 6.45) is 16.7. The number of carboxylic acids is 1. The van der Waals surface area contributed by atoms with E-state index in [1.165, 1.54) is 0 Å². The molecule has 114 valence electrons. The second-order valence-electron chi connectivity index (χ2n) is 4.58. The van der Waals surface area contributed by atoms with Gasteiger partial charge in [0.2, 0.25) is 0 Å². The third-order valence-electron chi connectivity index (χ3n) is 2.60. The van der Waals surface area contributed by atoms with Gasteiger partial charge in [0.25, 0.3) is 0 Å². The molecule has 0 aliphatic heterocycles. The van der Waals surface area contributed by atoms with Gasteiger partial charge < -0.3 is 22.3 Å². The molecule has 0 saturated heterocycles. The fourth-order valence-corrected chi connectivity index (χ4v) is 1.66. The summed E-state index contributed by atoms with van der Waals surface area (Å²) >= 11 is 0. The Bertz CT molecular complexity index is 327. The zero-order valence-electron chi connectivity index (χ0n) is 12.2. The topological polar surface area (TPSA) is 115 Å². The highest BCUT2D eigenvalue weighted by molar-refractivity contribution is 5.69. The first-order valence-corrected chi connectivity index (χ1v) is 6.54. The minimum atomic E-state index is -0.806. The SMILES string of the molecule is C#C.C/C(=C\C=C/CN)CC(=O)O.N[C@@H]1CC[C@H](N)C1. The molecule has 0 heterocycles. The number of nitrogens with two attached hydrogens (primary N) is 3. The van der Waals surface area contributed by atoms with E-state index < -0.39 is 5.97 Å². The summed E-state index contributed by atoms with van der Waals surface area (Å²) < 4.78 is 0. The minimum Gasteiger partial charge on any atom is -0.481 e. The van der Waals surface area contributed by atoms with E-state index in [1.54, 1.807) is 25.2 Å². The van der Waals surface area contributed by atoms with Crippen molar-refractivity contribution in [3.8, 4) is 12.8 Å². The van der Waals surface area contributed by atoms with Crippen molar-refractivity contribution in [2.24, 2.45) is 17.2 Å². The van der Waals surface area contributed by atoms with E-state index in [1.807, 2.05) is 0 Å². The lowest BCUT2D eigenvalue weighted by Gasteiger charge is -1.97. The van der Waals surface area contributed by atoms with Crippen LogP contribution in [0.3, 0.4) is 0 Å². The van der Waals surface area contributed by atoms with Crippen molar-refractivity contribution in [2.75, 3.05) is 6.54 Å². The predicted molar refractivity (Wildman–Crippen MR) is 83.9 cm³/mol. The fraction of sp³-hybridized carbons (Fsp3) is 0.533. The third kappa shape index (κ3) is 14.5. The molecular formula is C15H27N3O2. The van der Waals surface area contributed by atoms with E-state index >= 15 is 0 Å². The van der Waals surface area contributed by atoms with Crippen LogP contribution < -0.4 is 17.2 Å². The zero-order chi connectivity index (χ0) is 16.0. The summed E-state index contributed by atoms with van der Waals surface area (Å²) in [5.41, 5.74) is 17.1. The molecule has 1 aliphatic carbocycles. The number of hydrogen-bond donors (Lipinski definition) is 4. The molecule has 0 spiro atoms. The summed E-state index contributed by atoms with van der Waals surface area (Å²) in [6.45, 7) is 2.26. The van der Waals surface area contributed by atoms with Crippen LogP contribution in [0.5, 0.6) is 0 Å². The lowest BCUT2D eigenvalue weighted by molar-refractivity contribution is -0.136. The molecule has 2 atom stereocenters. The van der Waals surface area contributed by atoms with Crippen LogP contribution in [0.25, 0.3) is 0 Å². The lowest BCUT2D eigenvalue weighted by atomic mass is 10.2. The molecule has 7 N–H and O–H groups in total. The van der Waals surface area contributed by atoms with Gasteiger partial charge in [-0.05, 0) is 26.2 Å². The van der Waals surface area contributed by atoms with E-state index in [0.717, 1.165) is 24.8 Å². The van der Waals surface area contributed by atoms with Crippen molar-refractivity contribution in [1.29, 1.82) is 0 Å². The van der Waals surface area contributed by atoms with Crippen LogP contribution in [0.15, 0.2) is 23.8 Å². The first kappa shape index (κ1) is 20.7. The number of carbonyl (C=O) groups is 1. The van der Waals surface area contributed by atoms with Crippen LogP contribution in [-0.2, 0) is 4.79 Å². The summed E-state index contributed by atoms with van der Waals surface area (Å²) in [5, 5.41) is 8.35. The van der Waals surface area contributed by atoms with Gasteiger partial charge in [0, 0.05) is 18.6 Å². The Morgan fingerprint density at radius 2 is 1.80 bits per heavy atom. The van der Waals surface area contributed by atoms with Gasteiger partial charge in [0.1, 0.15) is 0 Å². The highest BCUT2D eigenvalue weighted by atomic mass is 16.4. The predicted octanol–water partition coefficient (Wildman–Crippen LogP) is 0.997. The molecule has 0 radical (unpaired) electrons. The molecule has 1 rings (SSSR count). The molecule has 0 amide bonds. The Balaban J connectivity index is 0. The maximum atomic E-state index is 10.2. The minimum absolute atomic E-state index is 0.0922. The smallest absolute Gasteiger partial charge is 0.307 e. The van der Waals surface area contributed by atoms with Gasteiger partial charge in [-0.1, -0.05) is 23.8 Å². The molecule has 1 saturated carbocycles. The molecule has 0 bridgehead atoms. The van der Waals surface area contributed by atoms with Gasteiger partial charge >= 0.3 is 5.97 Å². The van der Waals surface area contributed by atoms with Crippen molar-refractivity contribution < 1.29 is 9.90 Å². The monoisotopic (exact) mass is 281 g/mol. The molecule has 5 nitrogen and oxygen atoms in total. The molecular weight excluding hydrogens is 254 g/mol. The number of rotatable bonds is 4. The van der Waals surface area contributed by atoms with Gasteiger partial charge in [-0.2, -0.15) is 0 Å². The Labute approximate surface area is 121 Å². The summed E-state index contributed by atoms with van der Waals surface area (Å²) in [6, 6.07) is 0.796. The Morgan fingerprint density at radius 3 is 2.10 bits per heavy atom. The van der Waals surface area contributed by atoms with Crippen LogP contribution in [-0.4, -0.2) is 29.7 Å². The quantitative estimate of drug-likeness (QED) is 0.453. The molecule has 0 aromatic carbocycles. The normalized spacial score (nSPS) is 21.6. The van der Waals surface area contributed by atoms with Crippen molar-refractivity contribution in [3.05, 3.63) is 23.8 Å². The summed E-state index contributed by atoms with van der Waals surface area (Å²) in [7, 11) is 0. The molecule has 0 aromatic heterocycles. The molecule has 20 heavy (non-hydrogen) atoms. The van der Waals surface area contributed by atoms with Crippen LogP contribution >= 0.6 is 0 Å². The van der Waals surface area contributed by atoms with Crippen LogP contribution in [0.4, 0.5) is 0 Å². The maximum absolute atomic E-state index is 10.2. The van der Waals surface area contributed by atoms with Gasteiger partial charge in [-0.15, -0.1) is 12.8 Å². The molecule has 0 unspecified atom stereocenters. The van der Waals surface area contributed by atoms with Gasteiger partial charge in [-0.25, -0.2) is 0 Å².